The van der Waals surface area contributed by atoms with Crippen molar-refractivity contribution in [1.29, 1.82) is 0 Å². The Morgan fingerprint density at radius 1 is 1.15 bits per heavy atom. The van der Waals surface area contributed by atoms with Gasteiger partial charge in [0, 0.05) is 36.1 Å². The molecule has 6 nitrogen and oxygen atoms in total. The molecule has 26 heavy (non-hydrogen) atoms. The number of nitrogens with one attached hydrogen (secondary N) is 2. The van der Waals surface area contributed by atoms with E-state index in [0.29, 0.717) is 13.0 Å². The molecule has 0 spiro atoms. The van der Waals surface area contributed by atoms with E-state index in [-0.39, 0.29) is 37.2 Å². The summed E-state index contributed by atoms with van der Waals surface area (Å²) in [7, 11) is 0. The van der Waals surface area contributed by atoms with Gasteiger partial charge in [-0.25, -0.2) is 0 Å². The lowest BCUT2D eigenvalue weighted by Crippen LogP contribution is -2.42. The number of carbonyl (C=O) groups excluding carboxylic acids is 3. The van der Waals surface area contributed by atoms with Gasteiger partial charge >= 0.3 is 0 Å². The number of benzene rings is 1. The molecule has 0 radical (unpaired) electrons. The minimum Gasteiger partial charge on any atom is -0.354 e. The Kier molecular flexibility index (Phi) is 8.09. The minimum absolute atomic E-state index is 0.0442. The first-order valence-corrected chi connectivity index (χ1v) is 9.85. The van der Waals surface area contributed by atoms with Crippen molar-refractivity contribution in [2.45, 2.75) is 45.4 Å². The Labute approximate surface area is 162 Å². The predicted octanol–water partition coefficient (Wildman–Crippen LogP) is 3.00. The molecule has 0 aliphatic carbocycles. The van der Waals surface area contributed by atoms with Crippen molar-refractivity contribution in [2.75, 3.05) is 25.0 Å². The van der Waals surface area contributed by atoms with E-state index in [1.807, 2.05) is 25.1 Å². The first-order valence-electron chi connectivity index (χ1n) is 9.06. The summed E-state index contributed by atoms with van der Waals surface area (Å²) < 4.78 is 0.893. The highest BCUT2D eigenvalue weighted by molar-refractivity contribution is 9.10. The average Bonchev–Trinajstić information content (AvgIpc) is 2.58. The number of carbonyl (C=O) groups is 3. The van der Waals surface area contributed by atoms with Crippen molar-refractivity contribution in [2.24, 2.45) is 0 Å². The number of amides is 3. The lowest BCUT2D eigenvalue weighted by Gasteiger charge is -2.24. The average molecular weight is 424 g/mol. The van der Waals surface area contributed by atoms with Crippen LogP contribution >= 0.6 is 15.9 Å². The van der Waals surface area contributed by atoms with Gasteiger partial charge in [0.15, 0.2) is 0 Å². The van der Waals surface area contributed by atoms with Crippen molar-refractivity contribution in [3.63, 3.8) is 0 Å². The highest BCUT2D eigenvalue weighted by Crippen LogP contribution is 2.20. The van der Waals surface area contributed by atoms with E-state index in [2.05, 4.69) is 26.6 Å². The molecular weight excluding hydrogens is 398 g/mol. The summed E-state index contributed by atoms with van der Waals surface area (Å²) in [5, 5.41) is 5.57. The van der Waals surface area contributed by atoms with Crippen LogP contribution in [-0.2, 0) is 14.4 Å². The van der Waals surface area contributed by atoms with Crippen molar-refractivity contribution in [3.8, 4) is 0 Å². The maximum Gasteiger partial charge on any atom is 0.239 e. The number of likely N-dealkylation sites (tertiary alicyclic amines) is 1. The molecule has 7 heteroatoms. The standard InChI is InChI=1S/C19H26BrN3O3/c1-14-7-8-15(20)12-16(14)22-17(24)9-10-21-18(25)13-23-11-5-3-2-4-6-19(23)26/h7-8,12H,2-6,9-11,13H2,1H3,(H,21,25)(H,22,24). The lowest BCUT2D eigenvalue weighted by atomic mass is 10.1. The molecule has 1 heterocycles. The smallest absolute Gasteiger partial charge is 0.239 e. The third-order valence-electron chi connectivity index (χ3n) is 4.40. The third kappa shape index (κ3) is 6.78. The maximum absolute atomic E-state index is 12.1. The molecule has 0 aromatic heterocycles. The Morgan fingerprint density at radius 2 is 1.92 bits per heavy atom. The van der Waals surface area contributed by atoms with Gasteiger partial charge in [0.1, 0.15) is 0 Å². The van der Waals surface area contributed by atoms with Crippen LogP contribution in [-0.4, -0.2) is 42.3 Å². The van der Waals surface area contributed by atoms with E-state index in [9.17, 15) is 14.4 Å². The van der Waals surface area contributed by atoms with E-state index in [1.54, 1.807) is 4.90 Å². The number of rotatable bonds is 6. The lowest BCUT2D eigenvalue weighted by molar-refractivity contribution is -0.136. The van der Waals surface area contributed by atoms with E-state index >= 15 is 0 Å². The molecule has 1 saturated heterocycles. The van der Waals surface area contributed by atoms with E-state index in [1.165, 1.54) is 0 Å². The monoisotopic (exact) mass is 423 g/mol. The molecule has 0 saturated carbocycles. The van der Waals surface area contributed by atoms with Gasteiger partial charge in [-0.2, -0.15) is 0 Å². The van der Waals surface area contributed by atoms with E-state index in [0.717, 1.165) is 41.4 Å². The fourth-order valence-corrected chi connectivity index (χ4v) is 3.23. The van der Waals surface area contributed by atoms with Crippen molar-refractivity contribution >= 4 is 39.3 Å². The molecule has 0 bridgehead atoms. The number of anilines is 1. The number of hydrogen-bond donors (Lipinski definition) is 2. The normalized spacial score (nSPS) is 15.2. The molecule has 0 atom stereocenters. The first-order chi connectivity index (χ1) is 12.5. The summed E-state index contributed by atoms with van der Waals surface area (Å²) in [5.41, 5.74) is 1.73. The largest absolute Gasteiger partial charge is 0.354 e. The zero-order valence-electron chi connectivity index (χ0n) is 15.1. The van der Waals surface area contributed by atoms with Crippen LogP contribution in [0, 0.1) is 6.92 Å². The highest BCUT2D eigenvalue weighted by atomic mass is 79.9. The van der Waals surface area contributed by atoms with Crippen molar-refractivity contribution in [1.82, 2.24) is 10.2 Å². The Balaban J connectivity index is 1.72. The van der Waals surface area contributed by atoms with Gasteiger partial charge in [0.25, 0.3) is 0 Å². The first kappa shape index (κ1) is 20.4. The Morgan fingerprint density at radius 3 is 2.73 bits per heavy atom. The van der Waals surface area contributed by atoms with Crippen LogP contribution < -0.4 is 10.6 Å². The fourth-order valence-electron chi connectivity index (χ4n) is 2.87. The van der Waals surface area contributed by atoms with Crippen LogP contribution in [0.15, 0.2) is 22.7 Å². The zero-order chi connectivity index (χ0) is 18.9. The maximum atomic E-state index is 12.1. The second-order valence-corrected chi connectivity index (χ2v) is 7.50. The molecule has 1 fully saturated rings. The Hall–Kier alpha value is -1.89. The van der Waals surface area contributed by atoms with Gasteiger partial charge in [-0.05, 0) is 37.5 Å². The molecule has 1 aliphatic heterocycles. The van der Waals surface area contributed by atoms with Crippen molar-refractivity contribution in [3.05, 3.63) is 28.2 Å². The van der Waals surface area contributed by atoms with Crippen LogP contribution in [0.4, 0.5) is 5.69 Å². The summed E-state index contributed by atoms with van der Waals surface area (Å²) in [5.74, 6) is -0.332. The fraction of sp³-hybridized carbons (Fsp3) is 0.526. The third-order valence-corrected chi connectivity index (χ3v) is 4.90. The molecule has 1 aliphatic rings. The van der Waals surface area contributed by atoms with Crippen LogP contribution in [0.1, 0.15) is 44.1 Å². The van der Waals surface area contributed by atoms with E-state index in [4.69, 9.17) is 0 Å². The number of hydrogen-bond acceptors (Lipinski definition) is 3. The summed E-state index contributed by atoms with van der Waals surface area (Å²) >= 11 is 3.38. The van der Waals surface area contributed by atoms with E-state index < -0.39 is 0 Å². The number of nitrogens with zero attached hydrogens (tertiary/aromatic N) is 1. The quantitative estimate of drug-likeness (QED) is 0.737. The van der Waals surface area contributed by atoms with Crippen molar-refractivity contribution < 1.29 is 14.4 Å². The van der Waals surface area contributed by atoms with Crippen LogP contribution in [0.25, 0.3) is 0 Å². The molecule has 142 valence electrons. The second-order valence-electron chi connectivity index (χ2n) is 6.59. The topological polar surface area (TPSA) is 78.5 Å². The zero-order valence-corrected chi connectivity index (χ0v) is 16.7. The summed E-state index contributed by atoms with van der Waals surface area (Å²) in [4.78, 5) is 37.7. The highest BCUT2D eigenvalue weighted by Gasteiger charge is 2.18. The van der Waals surface area contributed by atoms with Gasteiger partial charge in [0.05, 0.1) is 6.54 Å². The van der Waals surface area contributed by atoms with Gasteiger partial charge in [-0.1, -0.05) is 34.8 Å². The van der Waals surface area contributed by atoms with Gasteiger partial charge in [0.2, 0.25) is 17.7 Å². The summed E-state index contributed by atoms with van der Waals surface area (Å²) in [6.45, 7) is 2.88. The molecule has 1 aromatic rings. The van der Waals surface area contributed by atoms with Gasteiger partial charge in [-0.15, -0.1) is 0 Å². The predicted molar refractivity (Wildman–Crippen MR) is 105 cm³/mol. The van der Waals surface area contributed by atoms with Crippen LogP contribution in [0.2, 0.25) is 0 Å². The molecule has 3 amide bonds. The molecular formula is C19H26BrN3O3. The van der Waals surface area contributed by atoms with Crippen LogP contribution in [0.3, 0.4) is 0 Å². The number of halogens is 1. The van der Waals surface area contributed by atoms with Gasteiger partial charge in [-0.3, -0.25) is 14.4 Å². The second kappa shape index (κ2) is 10.3. The Bertz CT molecular complexity index is 663. The molecule has 2 N–H and O–H groups in total. The molecule has 0 unspecified atom stereocenters. The summed E-state index contributed by atoms with van der Waals surface area (Å²) in [6, 6.07) is 5.68. The number of aryl methyl sites for hydroxylation is 1. The minimum atomic E-state index is -0.217. The summed E-state index contributed by atoms with van der Waals surface area (Å²) in [6.07, 6.45) is 4.71. The molecule has 2 rings (SSSR count). The molecule has 1 aromatic carbocycles. The van der Waals surface area contributed by atoms with Crippen LogP contribution in [0.5, 0.6) is 0 Å². The van der Waals surface area contributed by atoms with Gasteiger partial charge < -0.3 is 15.5 Å². The SMILES string of the molecule is Cc1ccc(Br)cc1NC(=O)CCNC(=O)CN1CCCCCCC1=O.